The standard InChI is InChI=1S/C23H19N5O/c24-10-15-4-2-14(12-25-15)18-8-17-13(11-26-18)3-5-16-20-19(27-21(16)17)9-23(6-1-7-23)28-22(20)29/h2,4,8,11-12,27H,1,3,5-7,9H2,(H,28,29). The van der Waals surface area contributed by atoms with E-state index < -0.39 is 0 Å². The second kappa shape index (κ2) is 5.77. The number of nitrogens with one attached hydrogen (secondary N) is 2. The van der Waals surface area contributed by atoms with Crippen molar-refractivity contribution in [1.29, 1.82) is 5.26 Å². The van der Waals surface area contributed by atoms with E-state index in [1.54, 1.807) is 12.3 Å². The van der Waals surface area contributed by atoms with Gasteiger partial charge in [-0.25, -0.2) is 4.98 Å². The molecule has 1 amide bonds. The second-order valence-electron chi connectivity index (χ2n) is 8.37. The van der Waals surface area contributed by atoms with Crippen molar-refractivity contribution in [2.75, 3.05) is 0 Å². The molecular formula is C23H19N5O. The number of hydrogen-bond donors (Lipinski definition) is 2. The Morgan fingerprint density at radius 3 is 2.76 bits per heavy atom. The van der Waals surface area contributed by atoms with Crippen molar-refractivity contribution in [3.8, 4) is 28.6 Å². The van der Waals surface area contributed by atoms with Gasteiger partial charge in [-0.1, -0.05) is 0 Å². The van der Waals surface area contributed by atoms with E-state index in [4.69, 9.17) is 5.26 Å². The molecule has 0 atom stereocenters. The van der Waals surface area contributed by atoms with E-state index in [-0.39, 0.29) is 11.4 Å². The van der Waals surface area contributed by atoms with E-state index in [1.807, 2.05) is 18.3 Å². The van der Waals surface area contributed by atoms with Crippen molar-refractivity contribution >= 4 is 5.91 Å². The number of aryl methyl sites for hydroxylation is 1. The SMILES string of the molecule is N#Cc1ccc(-c2cc3c(cn2)CCc2c-3[nH]c3c2C(=O)NC2(CCC2)C3)cn1. The number of hydrogen-bond acceptors (Lipinski definition) is 4. The zero-order valence-corrected chi connectivity index (χ0v) is 15.9. The number of carbonyl (C=O) groups is 1. The molecule has 0 unspecified atom stereocenters. The van der Waals surface area contributed by atoms with Crippen LogP contribution in [0.1, 0.15) is 52.1 Å². The average molecular weight is 381 g/mol. The summed E-state index contributed by atoms with van der Waals surface area (Å²) < 4.78 is 0. The number of nitrogens with zero attached hydrogens (tertiary/aromatic N) is 3. The number of aromatic nitrogens is 3. The number of aromatic amines is 1. The largest absolute Gasteiger partial charge is 0.357 e. The van der Waals surface area contributed by atoms with Crippen LogP contribution in [0.5, 0.6) is 0 Å². The molecule has 0 saturated heterocycles. The van der Waals surface area contributed by atoms with Crippen molar-refractivity contribution in [1.82, 2.24) is 20.3 Å². The summed E-state index contributed by atoms with van der Waals surface area (Å²) in [5.41, 5.74) is 8.52. The van der Waals surface area contributed by atoms with E-state index in [2.05, 4.69) is 26.3 Å². The number of fused-ring (bicyclic) bond motifs is 5. The van der Waals surface area contributed by atoms with E-state index in [0.717, 1.165) is 71.4 Å². The number of amides is 1. The summed E-state index contributed by atoms with van der Waals surface area (Å²) in [5, 5.41) is 12.2. The number of nitriles is 1. The van der Waals surface area contributed by atoms with Gasteiger partial charge < -0.3 is 10.3 Å². The molecule has 142 valence electrons. The maximum Gasteiger partial charge on any atom is 0.253 e. The maximum atomic E-state index is 12.9. The van der Waals surface area contributed by atoms with E-state index in [9.17, 15) is 4.79 Å². The molecule has 2 N–H and O–H groups in total. The third-order valence-corrected chi connectivity index (χ3v) is 6.69. The lowest BCUT2D eigenvalue weighted by molar-refractivity contribution is 0.0793. The van der Waals surface area contributed by atoms with Crippen LogP contribution in [-0.4, -0.2) is 26.4 Å². The number of rotatable bonds is 1. The fourth-order valence-corrected chi connectivity index (χ4v) is 5.02. The van der Waals surface area contributed by atoms with Crippen LogP contribution in [0.4, 0.5) is 0 Å². The van der Waals surface area contributed by atoms with Crippen LogP contribution in [0.15, 0.2) is 30.6 Å². The minimum atomic E-state index is -0.0298. The van der Waals surface area contributed by atoms with Crippen LogP contribution >= 0.6 is 0 Å². The first-order chi connectivity index (χ1) is 14.2. The van der Waals surface area contributed by atoms with Gasteiger partial charge in [-0.05, 0) is 61.4 Å². The lowest BCUT2D eigenvalue weighted by Crippen LogP contribution is -2.57. The van der Waals surface area contributed by atoms with Gasteiger partial charge in [-0.15, -0.1) is 0 Å². The Kier molecular flexibility index (Phi) is 3.28. The quantitative estimate of drug-likeness (QED) is 0.676. The first kappa shape index (κ1) is 16.5. The summed E-state index contributed by atoms with van der Waals surface area (Å²) in [5.74, 6) is 0.0810. The Hall–Kier alpha value is -3.46. The Balaban J connectivity index is 1.46. The molecule has 0 aromatic carbocycles. The lowest BCUT2D eigenvalue weighted by Gasteiger charge is -2.45. The van der Waals surface area contributed by atoms with Gasteiger partial charge in [0.1, 0.15) is 11.8 Å². The van der Waals surface area contributed by atoms with Gasteiger partial charge in [0.15, 0.2) is 0 Å². The Morgan fingerprint density at radius 1 is 1.14 bits per heavy atom. The molecule has 6 heteroatoms. The summed E-state index contributed by atoms with van der Waals surface area (Å²) in [6, 6.07) is 7.70. The van der Waals surface area contributed by atoms with Crippen LogP contribution in [0.25, 0.3) is 22.5 Å². The van der Waals surface area contributed by atoms with Gasteiger partial charge in [0, 0.05) is 41.2 Å². The molecule has 1 saturated carbocycles. The fraction of sp³-hybridized carbons (Fsp3) is 0.304. The Labute approximate surface area is 168 Å². The minimum Gasteiger partial charge on any atom is -0.357 e. The van der Waals surface area contributed by atoms with Crippen molar-refractivity contribution in [3.63, 3.8) is 0 Å². The molecule has 0 bridgehead atoms. The van der Waals surface area contributed by atoms with Gasteiger partial charge in [-0.3, -0.25) is 9.78 Å². The third-order valence-electron chi connectivity index (χ3n) is 6.69. The molecule has 0 radical (unpaired) electrons. The Morgan fingerprint density at radius 2 is 2.03 bits per heavy atom. The molecule has 2 aliphatic carbocycles. The highest BCUT2D eigenvalue weighted by Crippen LogP contribution is 2.43. The van der Waals surface area contributed by atoms with Gasteiger partial charge in [-0.2, -0.15) is 5.26 Å². The summed E-state index contributed by atoms with van der Waals surface area (Å²) in [4.78, 5) is 25.3. The molecule has 1 spiro atoms. The average Bonchev–Trinajstić information content (AvgIpc) is 3.11. The van der Waals surface area contributed by atoms with E-state index in [0.29, 0.717) is 5.69 Å². The first-order valence-electron chi connectivity index (χ1n) is 10.1. The predicted octanol–water partition coefficient (Wildman–Crippen LogP) is 3.32. The lowest BCUT2D eigenvalue weighted by atomic mass is 9.71. The molecule has 3 aromatic rings. The van der Waals surface area contributed by atoms with Crippen LogP contribution in [0, 0.1) is 11.3 Å². The van der Waals surface area contributed by atoms with Gasteiger partial charge in [0.05, 0.1) is 17.0 Å². The summed E-state index contributed by atoms with van der Waals surface area (Å²) in [6.45, 7) is 0. The highest BCUT2D eigenvalue weighted by Gasteiger charge is 2.45. The third kappa shape index (κ3) is 2.37. The van der Waals surface area contributed by atoms with Crippen LogP contribution in [0.3, 0.4) is 0 Å². The molecule has 3 aliphatic rings. The zero-order valence-electron chi connectivity index (χ0n) is 15.9. The maximum absolute atomic E-state index is 12.9. The second-order valence-corrected chi connectivity index (χ2v) is 8.37. The van der Waals surface area contributed by atoms with Gasteiger partial charge in [0.2, 0.25) is 0 Å². The van der Waals surface area contributed by atoms with Crippen LogP contribution in [0.2, 0.25) is 0 Å². The molecular weight excluding hydrogens is 362 g/mol. The normalized spacial score (nSPS) is 18.1. The molecule has 3 aromatic heterocycles. The van der Waals surface area contributed by atoms with Crippen molar-refractivity contribution in [3.05, 3.63) is 58.7 Å². The molecule has 4 heterocycles. The van der Waals surface area contributed by atoms with E-state index >= 15 is 0 Å². The van der Waals surface area contributed by atoms with Gasteiger partial charge >= 0.3 is 0 Å². The molecule has 6 rings (SSSR count). The van der Waals surface area contributed by atoms with Crippen LogP contribution < -0.4 is 5.32 Å². The zero-order chi connectivity index (χ0) is 19.6. The highest BCUT2D eigenvalue weighted by molar-refractivity contribution is 6.01. The molecule has 29 heavy (non-hydrogen) atoms. The topological polar surface area (TPSA) is 94.5 Å². The molecule has 6 nitrogen and oxygen atoms in total. The highest BCUT2D eigenvalue weighted by atomic mass is 16.2. The van der Waals surface area contributed by atoms with Crippen molar-refractivity contribution in [2.24, 2.45) is 0 Å². The van der Waals surface area contributed by atoms with E-state index in [1.165, 1.54) is 12.0 Å². The molecule has 1 fully saturated rings. The van der Waals surface area contributed by atoms with Crippen LogP contribution in [-0.2, 0) is 19.3 Å². The monoisotopic (exact) mass is 381 g/mol. The summed E-state index contributed by atoms with van der Waals surface area (Å²) in [7, 11) is 0. The summed E-state index contributed by atoms with van der Waals surface area (Å²) in [6.07, 6.45) is 9.57. The molecule has 1 aliphatic heterocycles. The minimum absolute atomic E-state index is 0.0298. The number of carbonyl (C=O) groups excluding carboxylic acids is 1. The Bertz CT molecular complexity index is 1210. The van der Waals surface area contributed by atoms with Crippen molar-refractivity contribution in [2.45, 2.75) is 44.1 Å². The van der Waals surface area contributed by atoms with Crippen molar-refractivity contribution < 1.29 is 4.79 Å². The fourth-order valence-electron chi connectivity index (χ4n) is 5.02. The smallest absolute Gasteiger partial charge is 0.253 e. The summed E-state index contributed by atoms with van der Waals surface area (Å²) >= 11 is 0. The first-order valence-corrected chi connectivity index (χ1v) is 10.1. The number of pyridine rings is 2. The van der Waals surface area contributed by atoms with Gasteiger partial charge in [0.25, 0.3) is 5.91 Å². The number of H-pyrrole nitrogens is 1. The predicted molar refractivity (Wildman–Crippen MR) is 107 cm³/mol.